The standard InChI is InChI=1S/C27H33ClN2O6/c1-33-23-10-9-20(15-24(23)34-2)26(32)30-13-14-36-27(18-30,17-25(31)29-11-4-3-5-12-29)19-35-22-8-6-7-21(28)16-22/h6-10,15-16H,3-5,11-14,17-19H2,1-2H3. The van der Waals surface area contributed by atoms with Gasteiger partial charge in [0.1, 0.15) is 18.0 Å². The van der Waals surface area contributed by atoms with Gasteiger partial charge in [-0.05, 0) is 55.7 Å². The molecule has 9 heteroatoms. The van der Waals surface area contributed by atoms with E-state index in [2.05, 4.69) is 0 Å². The first-order chi connectivity index (χ1) is 17.4. The van der Waals surface area contributed by atoms with Gasteiger partial charge in [0.2, 0.25) is 5.91 Å². The third-order valence-electron chi connectivity index (χ3n) is 6.65. The first kappa shape index (κ1) is 26.1. The molecule has 0 radical (unpaired) electrons. The molecule has 2 fully saturated rings. The van der Waals surface area contributed by atoms with Gasteiger partial charge >= 0.3 is 0 Å². The van der Waals surface area contributed by atoms with E-state index in [0.717, 1.165) is 32.4 Å². The molecular weight excluding hydrogens is 484 g/mol. The summed E-state index contributed by atoms with van der Waals surface area (Å²) in [5, 5.41) is 0.556. The van der Waals surface area contributed by atoms with Crippen LogP contribution in [-0.4, -0.2) is 80.8 Å². The van der Waals surface area contributed by atoms with E-state index >= 15 is 0 Å². The van der Waals surface area contributed by atoms with Crippen LogP contribution in [0.15, 0.2) is 42.5 Å². The van der Waals surface area contributed by atoms with Gasteiger partial charge < -0.3 is 28.7 Å². The number of likely N-dealkylation sites (tertiary alicyclic amines) is 1. The molecule has 2 aromatic carbocycles. The Morgan fingerprint density at radius 1 is 0.972 bits per heavy atom. The van der Waals surface area contributed by atoms with E-state index in [1.165, 1.54) is 7.11 Å². The number of morpholine rings is 1. The zero-order chi connectivity index (χ0) is 25.5. The molecule has 0 aromatic heterocycles. The van der Waals surface area contributed by atoms with Gasteiger partial charge in [-0.1, -0.05) is 17.7 Å². The summed E-state index contributed by atoms with van der Waals surface area (Å²) in [5.74, 6) is 1.46. The molecule has 2 aliphatic heterocycles. The summed E-state index contributed by atoms with van der Waals surface area (Å²) >= 11 is 6.12. The van der Waals surface area contributed by atoms with Gasteiger partial charge in [0.05, 0.1) is 33.8 Å². The fourth-order valence-electron chi connectivity index (χ4n) is 4.72. The fourth-order valence-corrected chi connectivity index (χ4v) is 4.90. The molecule has 36 heavy (non-hydrogen) atoms. The van der Waals surface area contributed by atoms with Crippen LogP contribution >= 0.6 is 11.6 Å². The van der Waals surface area contributed by atoms with E-state index in [4.69, 9.17) is 30.5 Å². The quantitative estimate of drug-likeness (QED) is 0.527. The van der Waals surface area contributed by atoms with Crippen molar-refractivity contribution < 1.29 is 28.5 Å². The molecular formula is C27H33ClN2O6. The smallest absolute Gasteiger partial charge is 0.254 e. The van der Waals surface area contributed by atoms with Crippen molar-refractivity contribution in [1.29, 1.82) is 0 Å². The Bertz CT molecular complexity index is 1070. The lowest BCUT2D eigenvalue weighted by Crippen LogP contribution is -2.58. The third-order valence-corrected chi connectivity index (χ3v) is 6.88. The number of hydrogen-bond acceptors (Lipinski definition) is 6. The Kier molecular flexibility index (Phi) is 8.59. The molecule has 2 aliphatic rings. The van der Waals surface area contributed by atoms with Crippen LogP contribution in [0.1, 0.15) is 36.0 Å². The minimum Gasteiger partial charge on any atom is -0.493 e. The molecule has 2 heterocycles. The van der Waals surface area contributed by atoms with Crippen LogP contribution in [0.4, 0.5) is 0 Å². The molecule has 1 atom stereocenters. The normalized spacial score (nSPS) is 20.1. The highest BCUT2D eigenvalue weighted by Gasteiger charge is 2.42. The number of amides is 2. The second kappa shape index (κ2) is 11.8. The zero-order valence-corrected chi connectivity index (χ0v) is 21.6. The van der Waals surface area contributed by atoms with Crippen LogP contribution in [-0.2, 0) is 9.53 Å². The van der Waals surface area contributed by atoms with E-state index in [-0.39, 0.29) is 31.4 Å². The molecule has 0 spiro atoms. The lowest BCUT2D eigenvalue weighted by Gasteiger charge is -2.43. The van der Waals surface area contributed by atoms with Gasteiger partial charge in [-0.2, -0.15) is 0 Å². The summed E-state index contributed by atoms with van der Waals surface area (Å²) in [6, 6.07) is 12.2. The van der Waals surface area contributed by atoms with Gasteiger partial charge in [-0.15, -0.1) is 0 Å². The van der Waals surface area contributed by atoms with Gasteiger partial charge in [0.25, 0.3) is 5.91 Å². The van der Waals surface area contributed by atoms with Crippen LogP contribution in [0.5, 0.6) is 17.2 Å². The van der Waals surface area contributed by atoms with Crippen LogP contribution in [0.25, 0.3) is 0 Å². The molecule has 2 saturated heterocycles. The summed E-state index contributed by atoms with van der Waals surface area (Å²) in [6.07, 6.45) is 3.27. The Balaban J connectivity index is 1.55. The highest BCUT2D eigenvalue weighted by Crippen LogP contribution is 2.31. The molecule has 2 amide bonds. The third kappa shape index (κ3) is 6.23. The number of benzene rings is 2. The van der Waals surface area contributed by atoms with E-state index in [1.54, 1.807) is 54.5 Å². The predicted molar refractivity (Wildman–Crippen MR) is 136 cm³/mol. The van der Waals surface area contributed by atoms with E-state index in [1.807, 2.05) is 4.90 Å². The monoisotopic (exact) mass is 516 g/mol. The lowest BCUT2D eigenvalue weighted by atomic mass is 9.95. The molecule has 8 nitrogen and oxygen atoms in total. The van der Waals surface area contributed by atoms with E-state index < -0.39 is 5.60 Å². The van der Waals surface area contributed by atoms with Crippen molar-refractivity contribution in [2.75, 3.05) is 53.6 Å². The molecule has 194 valence electrons. The van der Waals surface area contributed by atoms with Crippen molar-refractivity contribution in [1.82, 2.24) is 9.80 Å². The highest BCUT2D eigenvalue weighted by atomic mass is 35.5. The second-order valence-electron chi connectivity index (χ2n) is 9.19. The lowest BCUT2D eigenvalue weighted by molar-refractivity contribution is -0.153. The van der Waals surface area contributed by atoms with Crippen LogP contribution in [0.2, 0.25) is 5.02 Å². The first-order valence-electron chi connectivity index (χ1n) is 12.2. The molecule has 0 saturated carbocycles. The summed E-state index contributed by atoms with van der Waals surface area (Å²) in [5.41, 5.74) is -0.511. The number of carbonyl (C=O) groups is 2. The molecule has 0 bridgehead atoms. The molecule has 2 aromatic rings. The summed E-state index contributed by atoms with van der Waals surface area (Å²) in [4.78, 5) is 30.4. The number of nitrogens with zero attached hydrogens (tertiary/aromatic N) is 2. The second-order valence-corrected chi connectivity index (χ2v) is 9.63. The number of piperidine rings is 1. The van der Waals surface area contributed by atoms with Crippen LogP contribution < -0.4 is 14.2 Å². The molecule has 0 aliphatic carbocycles. The summed E-state index contributed by atoms with van der Waals surface area (Å²) < 4.78 is 23.0. The Hall–Kier alpha value is -2.97. The van der Waals surface area contributed by atoms with E-state index in [0.29, 0.717) is 41.0 Å². The fraction of sp³-hybridized carbons (Fsp3) is 0.481. The zero-order valence-electron chi connectivity index (χ0n) is 20.8. The topological polar surface area (TPSA) is 77.5 Å². The van der Waals surface area contributed by atoms with Gasteiger partial charge in [0.15, 0.2) is 11.5 Å². The molecule has 1 unspecified atom stereocenters. The Morgan fingerprint density at radius 3 is 2.47 bits per heavy atom. The average molecular weight is 517 g/mol. The molecule has 4 rings (SSSR count). The number of halogens is 1. The van der Waals surface area contributed by atoms with Crippen molar-refractivity contribution in [3.05, 3.63) is 53.1 Å². The van der Waals surface area contributed by atoms with Crippen molar-refractivity contribution >= 4 is 23.4 Å². The predicted octanol–water partition coefficient (Wildman–Crippen LogP) is 4.05. The molecule has 0 N–H and O–H groups in total. The maximum absolute atomic E-state index is 13.5. The van der Waals surface area contributed by atoms with Crippen molar-refractivity contribution in [2.24, 2.45) is 0 Å². The van der Waals surface area contributed by atoms with Crippen molar-refractivity contribution in [3.63, 3.8) is 0 Å². The minimum absolute atomic E-state index is 0.0183. The highest BCUT2D eigenvalue weighted by molar-refractivity contribution is 6.30. The first-order valence-corrected chi connectivity index (χ1v) is 12.6. The average Bonchev–Trinajstić information content (AvgIpc) is 2.92. The Morgan fingerprint density at radius 2 is 1.75 bits per heavy atom. The van der Waals surface area contributed by atoms with Crippen LogP contribution in [0.3, 0.4) is 0 Å². The number of carbonyl (C=O) groups excluding carboxylic acids is 2. The van der Waals surface area contributed by atoms with Crippen molar-refractivity contribution in [3.8, 4) is 17.2 Å². The minimum atomic E-state index is -0.985. The maximum atomic E-state index is 13.5. The van der Waals surface area contributed by atoms with Crippen molar-refractivity contribution in [2.45, 2.75) is 31.3 Å². The largest absolute Gasteiger partial charge is 0.493 e. The number of rotatable bonds is 8. The number of ether oxygens (including phenoxy) is 4. The Labute approximate surface area is 217 Å². The van der Waals surface area contributed by atoms with Gasteiger partial charge in [-0.25, -0.2) is 0 Å². The SMILES string of the molecule is COc1ccc(C(=O)N2CCOC(COc3cccc(Cl)c3)(CC(=O)N3CCCCC3)C2)cc1OC. The summed E-state index contributed by atoms with van der Waals surface area (Å²) in [6.45, 7) is 2.54. The van der Waals surface area contributed by atoms with Gasteiger partial charge in [-0.3, -0.25) is 9.59 Å². The van der Waals surface area contributed by atoms with Crippen LogP contribution in [0, 0.1) is 0 Å². The summed E-state index contributed by atoms with van der Waals surface area (Å²) in [7, 11) is 3.08. The number of hydrogen-bond donors (Lipinski definition) is 0. The van der Waals surface area contributed by atoms with Gasteiger partial charge in [0, 0.05) is 30.2 Å². The van der Waals surface area contributed by atoms with E-state index in [9.17, 15) is 9.59 Å². The number of methoxy groups -OCH3 is 2. The maximum Gasteiger partial charge on any atom is 0.254 e.